The van der Waals surface area contributed by atoms with E-state index in [4.69, 9.17) is 21.1 Å². The highest BCUT2D eigenvalue weighted by molar-refractivity contribution is 8.18. The van der Waals surface area contributed by atoms with Crippen LogP contribution in [0.4, 0.5) is 10.5 Å². The van der Waals surface area contributed by atoms with Gasteiger partial charge in [0.1, 0.15) is 6.61 Å². The van der Waals surface area contributed by atoms with Gasteiger partial charge in [-0.1, -0.05) is 18.5 Å². The van der Waals surface area contributed by atoms with Crippen molar-refractivity contribution in [3.05, 3.63) is 67.6 Å². The maximum atomic E-state index is 12.7. The van der Waals surface area contributed by atoms with Gasteiger partial charge < -0.3 is 9.47 Å². The minimum Gasteiger partial charge on any atom is -0.490 e. The van der Waals surface area contributed by atoms with Gasteiger partial charge in [-0.15, -0.1) is 0 Å². The Morgan fingerprint density at radius 1 is 1.18 bits per heavy atom. The Morgan fingerprint density at radius 2 is 1.88 bits per heavy atom. The van der Waals surface area contributed by atoms with E-state index in [0.717, 1.165) is 17.3 Å². The number of amides is 2. The number of ether oxygens (including phenoxy) is 2. The number of halogens is 1. The van der Waals surface area contributed by atoms with E-state index < -0.39 is 4.92 Å². The highest BCUT2D eigenvalue weighted by Gasteiger charge is 2.37. The monoisotopic (exact) mass is 490 g/mol. The first-order valence-corrected chi connectivity index (χ1v) is 11.5. The molecular formula is C23H23ClN2O6S. The van der Waals surface area contributed by atoms with E-state index in [-0.39, 0.29) is 34.5 Å². The summed E-state index contributed by atoms with van der Waals surface area (Å²) >= 11 is 7.36. The second-order valence-electron chi connectivity index (χ2n) is 7.28. The summed E-state index contributed by atoms with van der Waals surface area (Å²) < 4.78 is 11.5. The number of carbonyl (C=O) groups is 2. The fourth-order valence-electron chi connectivity index (χ4n) is 3.14. The standard InChI is InChI=1S/C23H23ClN2O6S/c1-4-14(3)25-22(27)20(33-23(25)28)12-16-10-18(24)21(19(11-16)31-5-2)32-13-15-6-8-17(9-7-15)26(29)30/h6-12,14H,4-5,13H2,1-3H3/b20-12+/t14-/m1/s1. The van der Waals surface area contributed by atoms with Crippen LogP contribution in [0, 0.1) is 10.1 Å². The second kappa shape index (κ2) is 10.7. The molecule has 0 bridgehead atoms. The van der Waals surface area contributed by atoms with Crippen molar-refractivity contribution in [3.8, 4) is 11.5 Å². The van der Waals surface area contributed by atoms with E-state index in [1.807, 2.05) is 20.8 Å². The van der Waals surface area contributed by atoms with Crippen LogP contribution in [-0.2, 0) is 11.4 Å². The summed E-state index contributed by atoms with van der Waals surface area (Å²) in [5.41, 5.74) is 1.32. The molecule has 0 N–H and O–H groups in total. The van der Waals surface area contributed by atoms with Gasteiger partial charge in [0.05, 0.1) is 21.5 Å². The van der Waals surface area contributed by atoms with Crippen LogP contribution in [0.25, 0.3) is 6.08 Å². The largest absolute Gasteiger partial charge is 0.490 e. The molecule has 2 aromatic rings. The van der Waals surface area contributed by atoms with Crippen LogP contribution in [0.3, 0.4) is 0 Å². The maximum absolute atomic E-state index is 12.7. The number of nitrogens with zero attached hydrogens (tertiary/aromatic N) is 2. The number of non-ortho nitro benzene ring substituents is 1. The third-order valence-corrected chi connectivity index (χ3v) is 6.18. The average molecular weight is 491 g/mol. The number of imide groups is 1. The summed E-state index contributed by atoms with van der Waals surface area (Å²) in [4.78, 5) is 36.9. The van der Waals surface area contributed by atoms with Gasteiger partial charge in [0, 0.05) is 18.2 Å². The molecule has 33 heavy (non-hydrogen) atoms. The third-order valence-electron chi connectivity index (χ3n) is 5.01. The summed E-state index contributed by atoms with van der Waals surface area (Å²) in [6.07, 6.45) is 2.29. The van der Waals surface area contributed by atoms with Crippen LogP contribution in [-0.4, -0.2) is 33.6 Å². The summed E-state index contributed by atoms with van der Waals surface area (Å²) in [5, 5.41) is 10.8. The number of carbonyl (C=O) groups excluding carboxylic acids is 2. The summed E-state index contributed by atoms with van der Waals surface area (Å²) in [7, 11) is 0. The Morgan fingerprint density at radius 3 is 2.48 bits per heavy atom. The van der Waals surface area contributed by atoms with E-state index in [1.165, 1.54) is 17.0 Å². The van der Waals surface area contributed by atoms with Gasteiger partial charge >= 0.3 is 0 Å². The zero-order valence-electron chi connectivity index (χ0n) is 18.4. The zero-order valence-corrected chi connectivity index (χ0v) is 19.9. The van der Waals surface area contributed by atoms with Crippen LogP contribution in [0.15, 0.2) is 41.3 Å². The Labute approximate surface area is 200 Å². The van der Waals surface area contributed by atoms with E-state index in [0.29, 0.717) is 35.0 Å². The fraction of sp³-hybridized carbons (Fsp3) is 0.304. The Balaban J connectivity index is 1.84. The summed E-state index contributed by atoms with van der Waals surface area (Å²) in [6, 6.07) is 9.16. The smallest absolute Gasteiger partial charge is 0.293 e. The predicted octanol–water partition coefficient (Wildman–Crippen LogP) is 6.06. The second-order valence-corrected chi connectivity index (χ2v) is 8.68. The Kier molecular flexibility index (Phi) is 7.99. The van der Waals surface area contributed by atoms with Crippen LogP contribution < -0.4 is 9.47 Å². The molecule has 2 aromatic carbocycles. The minimum atomic E-state index is -0.467. The Bertz CT molecular complexity index is 1100. The zero-order chi connectivity index (χ0) is 24.1. The van der Waals surface area contributed by atoms with Gasteiger partial charge in [-0.3, -0.25) is 24.6 Å². The van der Waals surface area contributed by atoms with Crippen molar-refractivity contribution in [2.45, 2.75) is 39.8 Å². The van der Waals surface area contributed by atoms with Crippen LogP contribution in [0.1, 0.15) is 38.3 Å². The molecule has 0 unspecified atom stereocenters. The first kappa shape index (κ1) is 24.6. The highest BCUT2D eigenvalue weighted by atomic mass is 35.5. The number of nitro benzene ring substituents is 1. The molecule has 1 aliphatic heterocycles. The van der Waals surface area contributed by atoms with Crippen molar-refractivity contribution in [3.63, 3.8) is 0 Å². The topological polar surface area (TPSA) is 99.0 Å². The fourth-order valence-corrected chi connectivity index (χ4v) is 4.34. The third kappa shape index (κ3) is 5.66. The van der Waals surface area contributed by atoms with Crippen molar-refractivity contribution in [1.29, 1.82) is 0 Å². The number of hydrogen-bond acceptors (Lipinski definition) is 7. The van der Waals surface area contributed by atoms with Gasteiger partial charge in [0.2, 0.25) is 0 Å². The summed E-state index contributed by atoms with van der Waals surface area (Å²) in [5.74, 6) is 0.382. The van der Waals surface area contributed by atoms with E-state index in [9.17, 15) is 19.7 Å². The van der Waals surface area contributed by atoms with Gasteiger partial charge in [0.15, 0.2) is 11.5 Å². The number of benzene rings is 2. The van der Waals surface area contributed by atoms with E-state index >= 15 is 0 Å². The van der Waals surface area contributed by atoms with Crippen LogP contribution in [0.5, 0.6) is 11.5 Å². The van der Waals surface area contributed by atoms with Gasteiger partial charge in [-0.05, 0) is 73.5 Å². The van der Waals surface area contributed by atoms with E-state index in [2.05, 4.69) is 0 Å². The number of rotatable bonds is 9. The van der Waals surface area contributed by atoms with Crippen molar-refractivity contribution in [2.24, 2.45) is 0 Å². The van der Waals surface area contributed by atoms with Crippen molar-refractivity contribution < 1.29 is 24.0 Å². The lowest BCUT2D eigenvalue weighted by Crippen LogP contribution is -2.36. The SMILES string of the molecule is CCOc1cc(/C=C2/SC(=O)N([C@H](C)CC)C2=O)cc(Cl)c1OCc1ccc([N+](=O)[O-])cc1. The lowest BCUT2D eigenvalue weighted by molar-refractivity contribution is -0.384. The molecular weight excluding hydrogens is 468 g/mol. The molecule has 0 aromatic heterocycles. The molecule has 1 fully saturated rings. The molecule has 0 spiro atoms. The average Bonchev–Trinajstić information content (AvgIpc) is 3.05. The number of hydrogen-bond donors (Lipinski definition) is 0. The number of nitro groups is 1. The molecule has 0 saturated carbocycles. The van der Waals surface area contributed by atoms with Crippen molar-refractivity contribution >= 4 is 46.3 Å². The molecule has 3 rings (SSSR count). The summed E-state index contributed by atoms with van der Waals surface area (Å²) in [6.45, 7) is 6.06. The molecule has 1 atom stereocenters. The molecule has 1 saturated heterocycles. The lowest BCUT2D eigenvalue weighted by Gasteiger charge is -2.19. The highest BCUT2D eigenvalue weighted by Crippen LogP contribution is 2.40. The Hall–Kier alpha value is -3.04. The quantitative estimate of drug-likeness (QED) is 0.239. The van der Waals surface area contributed by atoms with Crippen molar-refractivity contribution in [2.75, 3.05) is 6.61 Å². The van der Waals surface area contributed by atoms with Crippen LogP contribution >= 0.6 is 23.4 Å². The first-order valence-electron chi connectivity index (χ1n) is 10.3. The van der Waals surface area contributed by atoms with Gasteiger partial charge in [-0.25, -0.2) is 0 Å². The normalized spacial score (nSPS) is 15.8. The number of thioether (sulfide) groups is 1. The van der Waals surface area contributed by atoms with Gasteiger partial charge in [-0.2, -0.15) is 0 Å². The molecule has 0 aliphatic carbocycles. The van der Waals surface area contributed by atoms with Crippen molar-refractivity contribution in [1.82, 2.24) is 4.90 Å². The molecule has 10 heteroatoms. The molecule has 1 heterocycles. The molecule has 174 valence electrons. The maximum Gasteiger partial charge on any atom is 0.293 e. The lowest BCUT2D eigenvalue weighted by atomic mass is 10.1. The first-order chi connectivity index (χ1) is 15.7. The molecule has 8 nitrogen and oxygen atoms in total. The predicted molar refractivity (Wildman–Crippen MR) is 128 cm³/mol. The molecule has 1 aliphatic rings. The molecule has 2 amide bonds. The van der Waals surface area contributed by atoms with Crippen LogP contribution in [0.2, 0.25) is 5.02 Å². The minimum absolute atomic E-state index is 0.00566. The van der Waals surface area contributed by atoms with Gasteiger partial charge in [0.25, 0.3) is 16.8 Å². The van der Waals surface area contributed by atoms with E-state index in [1.54, 1.807) is 30.3 Å². The molecule has 0 radical (unpaired) electrons.